The molecule has 0 unspecified atom stereocenters. The van der Waals surface area contributed by atoms with Crippen molar-refractivity contribution >= 4 is 17.1 Å². The van der Waals surface area contributed by atoms with Gasteiger partial charge in [0.1, 0.15) is 0 Å². The number of rotatable bonds is 5. The summed E-state index contributed by atoms with van der Waals surface area (Å²) < 4.78 is 0. The van der Waals surface area contributed by atoms with Gasteiger partial charge in [0.05, 0.1) is 23.3 Å². The van der Waals surface area contributed by atoms with Crippen LogP contribution in [-0.2, 0) is 0 Å². The lowest BCUT2D eigenvalue weighted by Crippen LogP contribution is -2.09. The molecule has 0 saturated carbocycles. The highest BCUT2D eigenvalue weighted by Gasteiger charge is 2.13. The second-order valence-electron chi connectivity index (χ2n) is 8.61. The Labute approximate surface area is 211 Å². The van der Waals surface area contributed by atoms with Crippen LogP contribution in [0.5, 0.6) is 0 Å². The zero-order valence-corrected chi connectivity index (χ0v) is 19.9. The Bertz CT molecular complexity index is 1520. The summed E-state index contributed by atoms with van der Waals surface area (Å²) in [5.41, 5.74) is 9.58. The molecule has 36 heavy (non-hydrogen) atoms. The number of benzene rings is 5. The van der Waals surface area contributed by atoms with Gasteiger partial charge in [-0.15, -0.1) is 0 Å². The smallest absolute Gasteiger partial charge is 0.0992 e. The summed E-state index contributed by atoms with van der Waals surface area (Å²) >= 11 is 0. The van der Waals surface area contributed by atoms with Gasteiger partial charge in [0.2, 0.25) is 0 Å². The van der Waals surface area contributed by atoms with Gasteiger partial charge in [-0.25, -0.2) is 0 Å². The topological polar surface area (TPSA) is 50.8 Å². The molecule has 0 atom stereocenters. The number of hydrogen-bond acceptors (Lipinski definition) is 3. The number of anilines is 3. The molecule has 0 saturated heterocycles. The average Bonchev–Trinajstić information content (AvgIpc) is 2.94. The highest BCUT2D eigenvalue weighted by Crippen LogP contribution is 2.37. The van der Waals surface area contributed by atoms with E-state index in [0.717, 1.165) is 39.3 Å². The van der Waals surface area contributed by atoms with E-state index in [-0.39, 0.29) is 0 Å². The SMILES string of the molecule is Cc1cc(N(c2ccccc2)c2ccccc2)ccc1-c1ccc(-c2cc(C#N)cc(C#N)c2)cc1. The van der Waals surface area contributed by atoms with Crippen molar-refractivity contribution in [3.8, 4) is 34.4 Å². The van der Waals surface area contributed by atoms with Crippen LogP contribution >= 0.6 is 0 Å². The second-order valence-corrected chi connectivity index (χ2v) is 8.61. The van der Waals surface area contributed by atoms with Crippen LogP contribution in [0.2, 0.25) is 0 Å². The molecular weight excluding hydrogens is 438 g/mol. The molecule has 0 spiro atoms. The van der Waals surface area contributed by atoms with E-state index >= 15 is 0 Å². The highest BCUT2D eigenvalue weighted by molar-refractivity contribution is 5.80. The van der Waals surface area contributed by atoms with Crippen molar-refractivity contribution in [2.24, 2.45) is 0 Å². The van der Waals surface area contributed by atoms with Gasteiger partial charge in [0.15, 0.2) is 0 Å². The van der Waals surface area contributed by atoms with Crippen LogP contribution in [-0.4, -0.2) is 0 Å². The molecule has 0 heterocycles. The minimum atomic E-state index is 0.487. The monoisotopic (exact) mass is 461 g/mol. The molecule has 0 aromatic heterocycles. The van der Waals surface area contributed by atoms with Crippen molar-refractivity contribution in [2.75, 3.05) is 4.90 Å². The van der Waals surface area contributed by atoms with Gasteiger partial charge >= 0.3 is 0 Å². The molecule has 0 radical (unpaired) electrons. The van der Waals surface area contributed by atoms with Gasteiger partial charge in [-0.1, -0.05) is 66.7 Å². The standard InChI is InChI=1S/C33H23N3/c1-24-18-32(36(30-8-4-2-5-9-30)31-10-6-3-7-11-31)16-17-33(24)28-14-12-27(13-15-28)29-20-25(22-34)19-26(21-29)23-35/h2-21H,1H3. The minimum absolute atomic E-state index is 0.487. The maximum atomic E-state index is 9.30. The Morgan fingerprint density at radius 3 is 1.53 bits per heavy atom. The molecule has 0 fully saturated rings. The van der Waals surface area contributed by atoms with E-state index in [1.54, 1.807) is 6.07 Å². The Balaban J connectivity index is 1.49. The molecule has 0 aliphatic rings. The van der Waals surface area contributed by atoms with Gasteiger partial charge < -0.3 is 4.90 Å². The zero-order chi connectivity index (χ0) is 24.9. The lowest BCUT2D eigenvalue weighted by Gasteiger charge is -2.26. The number of nitrogens with zero attached hydrogens (tertiary/aromatic N) is 3. The summed E-state index contributed by atoms with van der Waals surface area (Å²) in [6, 6.07) is 45.1. The fourth-order valence-electron chi connectivity index (χ4n) is 4.48. The number of hydrogen-bond donors (Lipinski definition) is 0. The molecular formula is C33H23N3. The molecule has 5 aromatic rings. The molecule has 0 aliphatic carbocycles. The minimum Gasteiger partial charge on any atom is -0.310 e. The summed E-state index contributed by atoms with van der Waals surface area (Å²) in [7, 11) is 0. The largest absolute Gasteiger partial charge is 0.310 e. The van der Waals surface area contributed by atoms with Crippen molar-refractivity contribution in [3.05, 3.63) is 138 Å². The third-order valence-corrected chi connectivity index (χ3v) is 6.22. The van der Waals surface area contributed by atoms with Crippen LogP contribution in [0.3, 0.4) is 0 Å². The summed E-state index contributed by atoms with van der Waals surface area (Å²) in [4.78, 5) is 2.26. The van der Waals surface area contributed by atoms with Crippen molar-refractivity contribution < 1.29 is 0 Å². The highest BCUT2D eigenvalue weighted by atomic mass is 15.1. The third-order valence-electron chi connectivity index (χ3n) is 6.22. The first-order valence-electron chi connectivity index (χ1n) is 11.7. The quantitative estimate of drug-likeness (QED) is 0.263. The van der Waals surface area contributed by atoms with E-state index in [0.29, 0.717) is 11.1 Å². The molecule has 0 N–H and O–H groups in total. The molecule has 5 rings (SSSR count). The Morgan fingerprint density at radius 1 is 0.500 bits per heavy atom. The van der Waals surface area contributed by atoms with Crippen molar-refractivity contribution in [2.45, 2.75) is 6.92 Å². The summed E-state index contributed by atoms with van der Waals surface area (Å²) in [5, 5.41) is 18.6. The lowest BCUT2D eigenvalue weighted by molar-refractivity contribution is 1.27. The normalized spacial score (nSPS) is 10.3. The lowest BCUT2D eigenvalue weighted by atomic mass is 9.95. The van der Waals surface area contributed by atoms with Gasteiger partial charge in [-0.2, -0.15) is 10.5 Å². The Kier molecular flexibility index (Phi) is 6.31. The van der Waals surface area contributed by atoms with E-state index in [9.17, 15) is 10.5 Å². The van der Waals surface area contributed by atoms with E-state index in [1.807, 2.05) is 36.4 Å². The first-order valence-corrected chi connectivity index (χ1v) is 11.7. The van der Waals surface area contributed by atoms with Gasteiger partial charge in [0.25, 0.3) is 0 Å². The number of para-hydroxylation sites is 2. The molecule has 0 bridgehead atoms. The van der Waals surface area contributed by atoms with Crippen LogP contribution in [0.25, 0.3) is 22.3 Å². The Hall–Kier alpha value is -5.12. The summed E-state index contributed by atoms with van der Waals surface area (Å²) in [5.74, 6) is 0. The van der Waals surface area contributed by atoms with E-state index in [4.69, 9.17) is 0 Å². The first-order chi connectivity index (χ1) is 17.7. The number of aryl methyl sites for hydroxylation is 1. The summed E-state index contributed by atoms with van der Waals surface area (Å²) in [6.07, 6.45) is 0. The molecule has 5 aromatic carbocycles. The maximum absolute atomic E-state index is 9.30. The molecule has 0 aliphatic heterocycles. The van der Waals surface area contributed by atoms with Crippen LogP contribution in [0.15, 0.2) is 121 Å². The molecule has 3 heteroatoms. The number of nitriles is 2. The predicted octanol–water partition coefficient (Wildman–Crippen LogP) is 8.54. The first kappa shape index (κ1) is 22.7. The third kappa shape index (κ3) is 4.60. The maximum Gasteiger partial charge on any atom is 0.0992 e. The average molecular weight is 462 g/mol. The van der Waals surface area contributed by atoms with Crippen LogP contribution in [0.4, 0.5) is 17.1 Å². The van der Waals surface area contributed by atoms with Crippen molar-refractivity contribution in [3.63, 3.8) is 0 Å². The molecule has 170 valence electrons. The van der Waals surface area contributed by atoms with Crippen LogP contribution in [0, 0.1) is 29.6 Å². The van der Waals surface area contributed by atoms with Crippen molar-refractivity contribution in [1.29, 1.82) is 10.5 Å². The van der Waals surface area contributed by atoms with E-state index in [1.165, 1.54) is 5.56 Å². The van der Waals surface area contributed by atoms with Crippen LogP contribution < -0.4 is 4.90 Å². The molecule has 3 nitrogen and oxygen atoms in total. The van der Waals surface area contributed by atoms with Crippen LogP contribution in [0.1, 0.15) is 16.7 Å². The van der Waals surface area contributed by atoms with Gasteiger partial charge in [-0.3, -0.25) is 0 Å². The van der Waals surface area contributed by atoms with E-state index < -0.39 is 0 Å². The second kappa shape index (κ2) is 10.0. The zero-order valence-electron chi connectivity index (χ0n) is 19.9. The fourth-order valence-corrected chi connectivity index (χ4v) is 4.48. The van der Waals surface area contributed by atoms with E-state index in [2.05, 4.69) is 103 Å². The predicted molar refractivity (Wildman–Crippen MR) is 146 cm³/mol. The summed E-state index contributed by atoms with van der Waals surface area (Å²) in [6.45, 7) is 2.14. The fraction of sp³-hybridized carbons (Fsp3) is 0.0303. The Morgan fingerprint density at radius 2 is 1.03 bits per heavy atom. The molecule has 0 amide bonds. The van der Waals surface area contributed by atoms with Gasteiger partial charge in [-0.05, 0) is 89.3 Å². The van der Waals surface area contributed by atoms with Gasteiger partial charge in [0, 0.05) is 17.1 Å². The van der Waals surface area contributed by atoms with Crippen molar-refractivity contribution in [1.82, 2.24) is 0 Å².